The molecule has 0 spiro atoms. The number of rotatable bonds is 13. The summed E-state index contributed by atoms with van der Waals surface area (Å²) >= 11 is 12.2. The highest BCUT2D eigenvalue weighted by atomic mass is 35.5. The van der Waals surface area contributed by atoms with Crippen LogP contribution in [0.25, 0.3) is 0 Å². The van der Waals surface area contributed by atoms with E-state index in [1.807, 2.05) is 24.3 Å². The lowest BCUT2D eigenvalue weighted by atomic mass is 10.1. The van der Waals surface area contributed by atoms with Crippen molar-refractivity contribution >= 4 is 35.6 Å². The first-order valence-corrected chi connectivity index (χ1v) is 10.8. The van der Waals surface area contributed by atoms with E-state index >= 15 is 0 Å². The van der Waals surface area contributed by atoms with Gasteiger partial charge in [-0.15, -0.1) is 12.4 Å². The number of hydrogen-bond acceptors (Lipinski definition) is 3. The lowest BCUT2D eigenvalue weighted by Gasteiger charge is -2.16. The van der Waals surface area contributed by atoms with Gasteiger partial charge < -0.3 is 14.8 Å². The molecule has 1 N–H and O–H groups in total. The molecule has 0 aliphatic rings. The molecule has 0 saturated carbocycles. The molecule has 0 unspecified atom stereocenters. The first-order valence-electron chi connectivity index (χ1n) is 10.1. The Hall–Kier alpha value is -1.13. The van der Waals surface area contributed by atoms with Gasteiger partial charge in [0, 0.05) is 27.7 Å². The van der Waals surface area contributed by atoms with Crippen molar-refractivity contribution in [1.82, 2.24) is 5.32 Å². The predicted octanol–water partition coefficient (Wildman–Crippen LogP) is 7.45. The zero-order chi connectivity index (χ0) is 20.2. The molecule has 2 aromatic carbocycles. The molecule has 0 fully saturated rings. The smallest absolute Gasteiger partial charge is 0.166 e. The summed E-state index contributed by atoms with van der Waals surface area (Å²) < 4.78 is 11.6. The average Bonchev–Trinajstić information content (AvgIpc) is 2.69. The Morgan fingerprint density at radius 3 is 2.41 bits per heavy atom. The molecule has 162 valence electrons. The Morgan fingerprint density at radius 1 is 0.931 bits per heavy atom. The van der Waals surface area contributed by atoms with Crippen molar-refractivity contribution in [2.45, 2.75) is 58.6 Å². The lowest BCUT2D eigenvalue weighted by molar-refractivity contribution is 0.280. The van der Waals surface area contributed by atoms with Gasteiger partial charge in [-0.2, -0.15) is 0 Å². The van der Waals surface area contributed by atoms with Crippen LogP contribution in [0.15, 0.2) is 36.4 Å². The minimum absolute atomic E-state index is 0. The van der Waals surface area contributed by atoms with E-state index < -0.39 is 0 Å². The fraction of sp³-hybridized carbons (Fsp3) is 0.478. The number of unbranched alkanes of at least 4 members (excludes halogenated alkanes) is 5. The molecule has 0 radical (unpaired) electrons. The van der Waals surface area contributed by atoms with E-state index in [4.69, 9.17) is 32.7 Å². The van der Waals surface area contributed by atoms with Crippen LogP contribution in [0.4, 0.5) is 0 Å². The van der Waals surface area contributed by atoms with E-state index in [9.17, 15) is 0 Å². The van der Waals surface area contributed by atoms with Gasteiger partial charge in [0.25, 0.3) is 0 Å². The van der Waals surface area contributed by atoms with Gasteiger partial charge in [0.05, 0.1) is 7.11 Å². The molecule has 0 aliphatic heterocycles. The number of nitrogens with one attached hydrogen (secondary N) is 1. The number of halogens is 3. The third-order valence-corrected chi connectivity index (χ3v) is 5.28. The first-order chi connectivity index (χ1) is 13.7. The van der Waals surface area contributed by atoms with Gasteiger partial charge in [0.15, 0.2) is 11.5 Å². The van der Waals surface area contributed by atoms with Crippen LogP contribution in [0, 0.1) is 0 Å². The van der Waals surface area contributed by atoms with Crippen molar-refractivity contribution in [3.63, 3.8) is 0 Å². The summed E-state index contributed by atoms with van der Waals surface area (Å²) in [7, 11) is 1.66. The Balaban J connectivity index is 0.00000420. The molecule has 0 atom stereocenters. The number of benzene rings is 2. The van der Waals surface area contributed by atoms with Crippen LogP contribution in [0.2, 0.25) is 10.0 Å². The summed E-state index contributed by atoms with van der Waals surface area (Å²) in [6.45, 7) is 4.36. The van der Waals surface area contributed by atoms with Crippen LogP contribution < -0.4 is 14.8 Å². The molecule has 0 aliphatic carbocycles. The molecule has 3 nitrogen and oxygen atoms in total. The van der Waals surface area contributed by atoms with Crippen molar-refractivity contribution in [2.24, 2.45) is 0 Å². The second kappa shape index (κ2) is 14.8. The Bertz CT molecular complexity index is 725. The molecular formula is C23H32Cl3NO2. The van der Waals surface area contributed by atoms with Gasteiger partial charge in [-0.3, -0.25) is 0 Å². The second-order valence-electron chi connectivity index (χ2n) is 6.92. The minimum atomic E-state index is 0. The monoisotopic (exact) mass is 459 g/mol. The van der Waals surface area contributed by atoms with E-state index in [0.29, 0.717) is 16.7 Å². The molecule has 29 heavy (non-hydrogen) atoms. The zero-order valence-electron chi connectivity index (χ0n) is 17.3. The first kappa shape index (κ1) is 25.9. The highest BCUT2D eigenvalue weighted by molar-refractivity contribution is 6.35. The molecular weight excluding hydrogens is 429 g/mol. The van der Waals surface area contributed by atoms with E-state index in [0.717, 1.165) is 35.7 Å². The SMILES string of the molecule is CCCCCCCCNCc1cccc(OC)c1OCc1ccc(Cl)cc1Cl.Cl. The minimum Gasteiger partial charge on any atom is -0.493 e. The standard InChI is InChI=1S/C23H31Cl2NO2.ClH/c1-3-4-5-6-7-8-14-26-16-18-10-9-11-22(27-2)23(18)28-17-19-12-13-20(24)15-21(19)25;/h9-13,15,26H,3-8,14,16-17H2,1-2H3;1H. The summed E-state index contributed by atoms with van der Waals surface area (Å²) in [4.78, 5) is 0. The molecule has 2 rings (SSSR count). The average molecular weight is 461 g/mol. The predicted molar refractivity (Wildman–Crippen MR) is 126 cm³/mol. The second-order valence-corrected chi connectivity index (χ2v) is 7.76. The molecule has 0 amide bonds. The van der Waals surface area contributed by atoms with Crippen LogP contribution >= 0.6 is 35.6 Å². The van der Waals surface area contributed by atoms with E-state index in [2.05, 4.69) is 18.3 Å². The van der Waals surface area contributed by atoms with Crippen LogP contribution in [0.1, 0.15) is 56.6 Å². The van der Waals surface area contributed by atoms with Crippen LogP contribution in [-0.2, 0) is 13.2 Å². The van der Waals surface area contributed by atoms with Gasteiger partial charge in [-0.05, 0) is 31.2 Å². The third-order valence-electron chi connectivity index (χ3n) is 4.69. The maximum atomic E-state index is 6.26. The normalized spacial score (nSPS) is 10.5. The lowest BCUT2D eigenvalue weighted by Crippen LogP contribution is -2.15. The van der Waals surface area contributed by atoms with Crippen molar-refractivity contribution < 1.29 is 9.47 Å². The Morgan fingerprint density at radius 2 is 1.69 bits per heavy atom. The Kier molecular flexibility index (Phi) is 13.2. The zero-order valence-corrected chi connectivity index (χ0v) is 19.6. The molecule has 0 bridgehead atoms. The summed E-state index contributed by atoms with van der Waals surface area (Å²) in [5, 5.41) is 4.74. The van der Waals surface area contributed by atoms with Gasteiger partial charge in [0.1, 0.15) is 6.61 Å². The quantitative estimate of drug-likeness (QED) is 0.315. The van der Waals surface area contributed by atoms with Gasteiger partial charge in [-0.1, -0.05) is 80.4 Å². The van der Waals surface area contributed by atoms with Gasteiger partial charge in [0.2, 0.25) is 0 Å². The summed E-state index contributed by atoms with van der Waals surface area (Å²) in [6.07, 6.45) is 7.78. The van der Waals surface area contributed by atoms with Crippen molar-refractivity contribution in [2.75, 3.05) is 13.7 Å². The number of hydrogen-bond donors (Lipinski definition) is 1. The van der Waals surface area contributed by atoms with Crippen LogP contribution in [0.5, 0.6) is 11.5 Å². The summed E-state index contributed by atoms with van der Waals surface area (Å²) in [5.41, 5.74) is 1.97. The molecule has 2 aromatic rings. The maximum Gasteiger partial charge on any atom is 0.166 e. The fourth-order valence-electron chi connectivity index (χ4n) is 3.07. The van der Waals surface area contributed by atoms with Crippen molar-refractivity contribution in [3.8, 4) is 11.5 Å². The van der Waals surface area contributed by atoms with Crippen LogP contribution in [0.3, 0.4) is 0 Å². The maximum absolute atomic E-state index is 6.26. The van der Waals surface area contributed by atoms with Gasteiger partial charge >= 0.3 is 0 Å². The fourth-order valence-corrected chi connectivity index (χ4v) is 3.53. The van der Waals surface area contributed by atoms with Crippen molar-refractivity contribution in [1.29, 1.82) is 0 Å². The number of para-hydroxylation sites is 1. The van der Waals surface area contributed by atoms with Crippen LogP contribution in [-0.4, -0.2) is 13.7 Å². The topological polar surface area (TPSA) is 30.5 Å². The van der Waals surface area contributed by atoms with E-state index in [1.54, 1.807) is 13.2 Å². The largest absolute Gasteiger partial charge is 0.493 e. The molecule has 0 heterocycles. The van der Waals surface area contributed by atoms with Crippen molar-refractivity contribution in [3.05, 3.63) is 57.6 Å². The summed E-state index contributed by atoms with van der Waals surface area (Å²) in [6, 6.07) is 11.4. The molecule has 6 heteroatoms. The Labute approximate surface area is 191 Å². The summed E-state index contributed by atoms with van der Waals surface area (Å²) in [5.74, 6) is 1.48. The highest BCUT2D eigenvalue weighted by Crippen LogP contribution is 2.32. The highest BCUT2D eigenvalue weighted by Gasteiger charge is 2.12. The number of methoxy groups -OCH3 is 1. The third kappa shape index (κ3) is 9.04. The molecule has 0 saturated heterocycles. The van der Waals surface area contributed by atoms with Gasteiger partial charge in [-0.25, -0.2) is 0 Å². The van der Waals surface area contributed by atoms with E-state index in [-0.39, 0.29) is 12.4 Å². The number of ether oxygens (including phenoxy) is 2. The van der Waals surface area contributed by atoms with E-state index in [1.165, 1.54) is 38.5 Å². The molecule has 0 aromatic heterocycles.